The van der Waals surface area contributed by atoms with Crippen LogP contribution in [0.3, 0.4) is 0 Å². The molecule has 118 valence electrons. The van der Waals surface area contributed by atoms with Gasteiger partial charge in [-0.05, 0) is 27.7 Å². The maximum Gasteiger partial charge on any atom is 0.577 e. The summed E-state index contributed by atoms with van der Waals surface area (Å²) in [5.74, 6) is 0. The predicted octanol–water partition coefficient (Wildman–Crippen LogP) is 1.83. The Bertz CT molecular complexity index is 289. The monoisotopic (exact) mass is 340 g/mol. The van der Waals surface area contributed by atoms with Crippen LogP contribution in [-0.2, 0) is 16.8 Å². The van der Waals surface area contributed by atoms with Gasteiger partial charge in [0.25, 0.3) is 0 Å². The van der Waals surface area contributed by atoms with Gasteiger partial charge in [0.05, 0.1) is 0 Å². The molecule has 0 rings (SSSR count). The second kappa shape index (κ2) is 19.6. The van der Waals surface area contributed by atoms with Crippen LogP contribution in [0, 0.1) is 0 Å². The van der Waals surface area contributed by atoms with E-state index in [1.54, 1.807) is 0 Å². The Balaban J connectivity index is -0.000000103. The number of hydrogen-bond acceptors (Lipinski definition) is 8. The fourth-order valence-corrected chi connectivity index (χ4v) is 0.289. The van der Waals surface area contributed by atoms with Gasteiger partial charge < -0.3 is 20.8 Å². The normalized spacial score (nSPS) is 12.1. The molecule has 0 fully saturated rings. The Morgan fingerprint density at radius 3 is 0.800 bits per heavy atom. The average Bonchev–Trinajstić information content (AvgIpc) is 2.45. The van der Waals surface area contributed by atoms with E-state index in [4.69, 9.17) is 20.8 Å². The van der Waals surface area contributed by atoms with E-state index >= 15 is 0 Å². The second-order valence-electron chi connectivity index (χ2n) is 2.82. The summed E-state index contributed by atoms with van der Waals surface area (Å²) in [5, 5.41) is 43.3. The molecule has 0 saturated heterocycles. The molecule has 0 saturated carbocycles. The fraction of sp³-hybridized carbons (Fsp3) is 0.500. The zero-order valence-electron chi connectivity index (χ0n) is 11.2. The standard InChI is InChI=1S/2C4H8N2O2.BF2.Co/c2*1-3(5-7)4(2)6-8;2-1-3;/h2*7-8H,1-2H3;;. The quantitative estimate of drug-likeness (QED) is 0.264. The summed E-state index contributed by atoms with van der Waals surface area (Å²) in [7, 11) is -1.00. The third kappa shape index (κ3) is 18.7. The van der Waals surface area contributed by atoms with Crippen molar-refractivity contribution >= 4 is 30.7 Å². The van der Waals surface area contributed by atoms with Crippen LogP contribution in [0.2, 0.25) is 0 Å². The fourth-order valence-electron chi connectivity index (χ4n) is 0.289. The SMILES string of the molecule is CC(=NO)C(C)=NO.CC(=NO)C(C)=NO.F[B]F.[Co]. The van der Waals surface area contributed by atoms with Crippen molar-refractivity contribution in [3.8, 4) is 0 Å². The van der Waals surface area contributed by atoms with E-state index < -0.39 is 7.83 Å². The minimum atomic E-state index is -1.00. The van der Waals surface area contributed by atoms with Gasteiger partial charge in [-0.1, -0.05) is 20.6 Å². The average molecular weight is 340 g/mol. The summed E-state index contributed by atoms with van der Waals surface area (Å²) in [6.45, 7) is 6.15. The van der Waals surface area contributed by atoms with Gasteiger partial charge in [-0.2, -0.15) is 0 Å². The smallest absolute Gasteiger partial charge is 0.411 e. The Morgan fingerprint density at radius 2 is 0.750 bits per heavy atom. The maximum atomic E-state index is 9.50. The molecule has 12 heteroatoms. The molecule has 0 aliphatic carbocycles. The summed E-state index contributed by atoms with van der Waals surface area (Å²) in [5.41, 5.74) is 1.25. The molecule has 0 bridgehead atoms. The first-order valence-corrected chi connectivity index (χ1v) is 4.63. The summed E-state index contributed by atoms with van der Waals surface area (Å²) in [6.07, 6.45) is 0. The number of halogens is 2. The van der Waals surface area contributed by atoms with Crippen molar-refractivity contribution in [3.63, 3.8) is 0 Å². The van der Waals surface area contributed by atoms with Gasteiger partial charge in [-0.25, -0.2) is 0 Å². The molecule has 4 N–H and O–H groups in total. The molecule has 0 spiro atoms. The molecular formula is C8H16BCoF2N4O4. The molecule has 0 aromatic heterocycles. The van der Waals surface area contributed by atoms with Gasteiger partial charge >= 0.3 is 7.83 Å². The zero-order valence-corrected chi connectivity index (χ0v) is 12.3. The minimum absolute atomic E-state index is 0. The Morgan fingerprint density at radius 1 is 0.650 bits per heavy atom. The molecule has 2 radical (unpaired) electrons. The summed E-state index contributed by atoms with van der Waals surface area (Å²) >= 11 is 0. The van der Waals surface area contributed by atoms with E-state index in [1.807, 2.05) is 0 Å². The van der Waals surface area contributed by atoms with E-state index in [9.17, 15) is 8.63 Å². The molecule has 0 aliphatic heterocycles. The van der Waals surface area contributed by atoms with Crippen molar-refractivity contribution in [3.05, 3.63) is 0 Å². The Kier molecular flexibility index (Phi) is 26.3. The second-order valence-corrected chi connectivity index (χ2v) is 2.82. The molecule has 20 heavy (non-hydrogen) atoms. The van der Waals surface area contributed by atoms with Crippen LogP contribution in [-0.4, -0.2) is 51.5 Å². The van der Waals surface area contributed by atoms with E-state index in [1.165, 1.54) is 27.7 Å². The first-order chi connectivity index (χ1) is 8.85. The first-order valence-electron chi connectivity index (χ1n) is 4.63. The number of rotatable bonds is 2. The third-order valence-corrected chi connectivity index (χ3v) is 1.65. The van der Waals surface area contributed by atoms with Crippen LogP contribution in [0.15, 0.2) is 20.6 Å². The van der Waals surface area contributed by atoms with Crippen molar-refractivity contribution < 1.29 is 46.2 Å². The van der Waals surface area contributed by atoms with E-state index in [0.717, 1.165) is 0 Å². The van der Waals surface area contributed by atoms with Gasteiger partial charge in [0.15, 0.2) is 0 Å². The largest absolute Gasteiger partial charge is 0.577 e. The van der Waals surface area contributed by atoms with Crippen LogP contribution in [0.25, 0.3) is 0 Å². The molecule has 0 unspecified atom stereocenters. The van der Waals surface area contributed by atoms with Crippen molar-refractivity contribution in [1.82, 2.24) is 0 Å². The minimum Gasteiger partial charge on any atom is -0.411 e. The van der Waals surface area contributed by atoms with Gasteiger partial charge in [0.1, 0.15) is 22.8 Å². The van der Waals surface area contributed by atoms with Gasteiger partial charge in [-0.3, -0.25) is 8.63 Å². The molecule has 0 atom stereocenters. The summed E-state index contributed by atoms with van der Waals surface area (Å²) in [4.78, 5) is 0. The van der Waals surface area contributed by atoms with E-state index in [0.29, 0.717) is 22.8 Å². The van der Waals surface area contributed by atoms with Crippen LogP contribution >= 0.6 is 0 Å². The third-order valence-electron chi connectivity index (χ3n) is 1.65. The Labute approximate surface area is 126 Å². The number of hydrogen-bond donors (Lipinski definition) is 4. The maximum absolute atomic E-state index is 9.50. The van der Waals surface area contributed by atoms with Crippen LogP contribution in [0.5, 0.6) is 0 Å². The molecule has 0 aromatic carbocycles. The van der Waals surface area contributed by atoms with E-state index in [-0.39, 0.29) is 16.8 Å². The van der Waals surface area contributed by atoms with Crippen LogP contribution in [0.1, 0.15) is 27.7 Å². The first kappa shape index (κ1) is 26.8. The zero-order chi connectivity index (χ0) is 15.8. The van der Waals surface area contributed by atoms with Crippen molar-refractivity contribution in [1.29, 1.82) is 0 Å². The van der Waals surface area contributed by atoms with Gasteiger partial charge in [-0.15, -0.1) is 0 Å². The molecular weight excluding hydrogens is 324 g/mol. The Hall–Kier alpha value is -1.69. The molecule has 8 nitrogen and oxygen atoms in total. The number of oxime groups is 4. The summed E-state index contributed by atoms with van der Waals surface area (Å²) in [6, 6.07) is 0. The predicted molar refractivity (Wildman–Crippen MR) is 67.6 cm³/mol. The van der Waals surface area contributed by atoms with Crippen LogP contribution in [0.4, 0.5) is 8.63 Å². The van der Waals surface area contributed by atoms with Crippen LogP contribution < -0.4 is 0 Å². The number of nitrogens with zero attached hydrogens (tertiary/aromatic N) is 4. The van der Waals surface area contributed by atoms with Crippen molar-refractivity contribution in [2.45, 2.75) is 27.7 Å². The molecule has 0 aromatic rings. The molecule has 0 heterocycles. The van der Waals surface area contributed by atoms with E-state index in [2.05, 4.69) is 20.6 Å². The van der Waals surface area contributed by atoms with Gasteiger partial charge in [0.2, 0.25) is 0 Å². The summed E-state index contributed by atoms with van der Waals surface area (Å²) < 4.78 is 19.0. The van der Waals surface area contributed by atoms with Crippen molar-refractivity contribution in [2.24, 2.45) is 20.6 Å². The van der Waals surface area contributed by atoms with Gasteiger partial charge in [0, 0.05) is 16.8 Å². The van der Waals surface area contributed by atoms with Crippen molar-refractivity contribution in [2.75, 3.05) is 0 Å². The molecule has 0 aliphatic rings. The topological polar surface area (TPSA) is 130 Å². The molecule has 0 amide bonds.